The van der Waals surface area contributed by atoms with Gasteiger partial charge in [-0.3, -0.25) is 9.36 Å². The maximum absolute atomic E-state index is 14.2. The Morgan fingerprint density at radius 3 is 2.65 bits per heavy atom. The maximum Gasteiger partial charge on any atom is 0.413 e. The molecular formula is C21H25F3N4O3. The van der Waals surface area contributed by atoms with Crippen LogP contribution in [0.15, 0.2) is 35.1 Å². The van der Waals surface area contributed by atoms with Crippen molar-refractivity contribution in [2.24, 2.45) is 0 Å². The molecule has 1 fully saturated rings. The number of morpholine rings is 1. The minimum atomic E-state index is -4.54. The molecule has 1 unspecified atom stereocenters. The summed E-state index contributed by atoms with van der Waals surface area (Å²) in [6, 6.07) is 8.54. The number of methoxy groups -OCH3 is 1. The van der Waals surface area contributed by atoms with E-state index in [1.54, 1.807) is 25.3 Å². The second-order valence-electron chi connectivity index (χ2n) is 7.96. The summed E-state index contributed by atoms with van der Waals surface area (Å²) in [6.45, 7) is 2.74. The number of ether oxygens (including phenoxy) is 2. The van der Waals surface area contributed by atoms with Gasteiger partial charge >= 0.3 is 6.18 Å². The molecule has 1 atom stereocenters. The minimum Gasteiger partial charge on any atom is -0.497 e. The van der Waals surface area contributed by atoms with E-state index < -0.39 is 23.8 Å². The highest BCUT2D eigenvalue weighted by molar-refractivity contribution is 5.50. The number of alkyl halides is 3. The summed E-state index contributed by atoms with van der Waals surface area (Å²) in [5.41, 5.74) is -1.87. The van der Waals surface area contributed by atoms with Crippen LogP contribution in [-0.4, -0.2) is 61.2 Å². The van der Waals surface area contributed by atoms with E-state index in [1.165, 1.54) is 11.0 Å². The van der Waals surface area contributed by atoms with Gasteiger partial charge in [0, 0.05) is 25.7 Å². The number of nitrogens with zero attached hydrogens (tertiary/aromatic N) is 4. The van der Waals surface area contributed by atoms with Crippen molar-refractivity contribution >= 4 is 11.8 Å². The van der Waals surface area contributed by atoms with E-state index in [4.69, 9.17) is 9.47 Å². The smallest absolute Gasteiger partial charge is 0.413 e. The number of anilines is 2. The lowest BCUT2D eigenvalue weighted by molar-refractivity contribution is -0.182. The third-order valence-corrected chi connectivity index (χ3v) is 5.98. The standard InChI is InChI=1S/C21H25F3N4O3/c1-20(21(22,23)24)14-27-18(29)13-17(26-8-10-31-11-9-26)25-19(27)28(20)7-6-15-4-3-5-16(12-15)30-2/h3-5,12-13H,6-11,14H2,1-2H3. The molecule has 4 rings (SSSR count). The highest BCUT2D eigenvalue weighted by Crippen LogP contribution is 2.43. The fraction of sp³-hybridized carbons (Fsp3) is 0.524. The van der Waals surface area contributed by atoms with E-state index in [0.717, 1.165) is 17.1 Å². The Hall–Kier alpha value is -2.75. The fourth-order valence-corrected chi connectivity index (χ4v) is 4.06. The van der Waals surface area contributed by atoms with Crippen LogP contribution in [0.25, 0.3) is 0 Å². The van der Waals surface area contributed by atoms with E-state index >= 15 is 0 Å². The molecule has 1 aromatic heterocycles. The molecule has 10 heteroatoms. The van der Waals surface area contributed by atoms with Gasteiger partial charge in [0.2, 0.25) is 5.95 Å². The van der Waals surface area contributed by atoms with Crippen molar-refractivity contribution in [1.82, 2.24) is 9.55 Å². The molecule has 2 aliphatic heterocycles. The first-order valence-electron chi connectivity index (χ1n) is 10.1. The highest BCUT2D eigenvalue weighted by atomic mass is 19.4. The van der Waals surface area contributed by atoms with E-state index in [1.807, 2.05) is 11.0 Å². The maximum atomic E-state index is 14.2. The van der Waals surface area contributed by atoms with E-state index in [9.17, 15) is 18.0 Å². The molecule has 0 N–H and O–H groups in total. The predicted molar refractivity (Wildman–Crippen MR) is 110 cm³/mol. The SMILES string of the molecule is COc1cccc(CCN2c3nc(N4CCOCC4)cc(=O)n3CC2(C)C(F)(F)F)c1. The number of aromatic nitrogens is 2. The zero-order chi connectivity index (χ0) is 22.2. The molecule has 7 nitrogen and oxygen atoms in total. The Bertz CT molecular complexity index is 1000. The van der Waals surface area contributed by atoms with E-state index in [2.05, 4.69) is 4.98 Å². The molecule has 0 spiro atoms. The summed E-state index contributed by atoms with van der Waals surface area (Å²) in [7, 11) is 1.54. The molecule has 1 aromatic carbocycles. The molecule has 0 amide bonds. The highest BCUT2D eigenvalue weighted by Gasteiger charge is 2.59. The first-order valence-corrected chi connectivity index (χ1v) is 10.1. The Kier molecular flexibility index (Phi) is 5.59. The molecule has 0 bridgehead atoms. The summed E-state index contributed by atoms with van der Waals surface area (Å²) in [5.74, 6) is 1.08. The summed E-state index contributed by atoms with van der Waals surface area (Å²) in [5, 5.41) is 0. The van der Waals surface area contributed by atoms with Crippen molar-refractivity contribution in [2.45, 2.75) is 31.6 Å². The summed E-state index contributed by atoms with van der Waals surface area (Å²) in [4.78, 5) is 20.3. The third-order valence-electron chi connectivity index (χ3n) is 5.98. The van der Waals surface area contributed by atoms with Crippen LogP contribution in [0.1, 0.15) is 12.5 Å². The van der Waals surface area contributed by atoms with Gasteiger partial charge in [0.05, 0.1) is 26.9 Å². The number of hydrogen-bond donors (Lipinski definition) is 0. The second kappa shape index (κ2) is 8.07. The van der Waals surface area contributed by atoms with Gasteiger partial charge in [0.25, 0.3) is 5.56 Å². The first kappa shape index (κ1) is 21.5. The van der Waals surface area contributed by atoms with Gasteiger partial charge in [0.15, 0.2) is 5.54 Å². The minimum absolute atomic E-state index is 0.0525. The number of hydrogen-bond acceptors (Lipinski definition) is 6. The number of benzene rings is 1. The zero-order valence-corrected chi connectivity index (χ0v) is 17.5. The summed E-state index contributed by atoms with van der Waals surface area (Å²) >= 11 is 0. The lowest BCUT2D eigenvalue weighted by Gasteiger charge is -2.37. The van der Waals surface area contributed by atoms with Crippen LogP contribution in [-0.2, 0) is 17.7 Å². The Balaban J connectivity index is 1.70. The summed E-state index contributed by atoms with van der Waals surface area (Å²) < 4.78 is 54.1. The summed E-state index contributed by atoms with van der Waals surface area (Å²) in [6.07, 6.45) is -4.19. The monoisotopic (exact) mass is 438 g/mol. The zero-order valence-electron chi connectivity index (χ0n) is 17.5. The van der Waals surface area contributed by atoms with Crippen LogP contribution in [0.5, 0.6) is 5.75 Å². The number of halogens is 3. The molecule has 2 aliphatic rings. The van der Waals surface area contributed by atoms with Gasteiger partial charge in [0.1, 0.15) is 11.6 Å². The van der Waals surface area contributed by atoms with Gasteiger partial charge in [-0.25, -0.2) is 0 Å². The van der Waals surface area contributed by atoms with Gasteiger partial charge in [-0.15, -0.1) is 0 Å². The van der Waals surface area contributed by atoms with Crippen LogP contribution in [0, 0.1) is 0 Å². The number of fused-ring (bicyclic) bond motifs is 1. The van der Waals surface area contributed by atoms with Gasteiger partial charge in [-0.2, -0.15) is 18.2 Å². The lowest BCUT2D eigenvalue weighted by Crippen LogP contribution is -2.56. The van der Waals surface area contributed by atoms with Crippen LogP contribution < -0.4 is 20.1 Å². The third kappa shape index (κ3) is 3.96. The largest absolute Gasteiger partial charge is 0.497 e. The van der Waals surface area contributed by atoms with Gasteiger partial charge in [-0.1, -0.05) is 12.1 Å². The van der Waals surface area contributed by atoms with Crippen LogP contribution >= 0.6 is 0 Å². The lowest BCUT2D eigenvalue weighted by atomic mass is 10.00. The molecular weight excluding hydrogens is 413 g/mol. The molecule has 1 saturated heterocycles. The Labute approximate surface area is 178 Å². The van der Waals surface area contributed by atoms with Crippen LogP contribution in [0.2, 0.25) is 0 Å². The van der Waals surface area contributed by atoms with E-state index in [-0.39, 0.29) is 12.5 Å². The van der Waals surface area contributed by atoms with Crippen molar-refractivity contribution in [3.05, 3.63) is 46.2 Å². The van der Waals surface area contributed by atoms with Gasteiger partial charge < -0.3 is 19.3 Å². The topological polar surface area (TPSA) is 59.8 Å². The van der Waals surface area contributed by atoms with Crippen LogP contribution in [0.4, 0.5) is 24.9 Å². The Morgan fingerprint density at radius 1 is 1.23 bits per heavy atom. The van der Waals surface area contributed by atoms with Crippen molar-refractivity contribution < 1.29 is 22.6 Å². The Morgan fingerprint density at radius 2 is 1.97 bits per heavy atom. The first-order chi connectivity index (χ1) is 14.7. The quantitative estimate of drug-likeness (QED) is 0.715. The van der Waals surface area contributed by atoms with E-state index in [0.29, 0.717) is 44.3 Å². The van der Waals surface area contributed by atoms with Crippen molar-refractivity contribution in [3.8, 4) is 5.75 Å². The van der Waals surface area contributed by atoms with Crippen molar-refractivity contribution in [2.75, 3.05) is 49.8 Å². The molecule has 0 radical (unpaired) electrons. The second-order valence-corrected chi connectivity index (χ2v) is 7.96. The molecule has 168 valence electrons. The average Bonchev–Trinajstić information content (AvgIpc) is 3.06. The van der Waals surface area contributed by atoms with Crippen molar-refractivity contribution in [1.29, 1.82) is 0 Å². The molecule has 2 aromatic rings. The van der Waals surface area contributed by atoms with Crippen LogP contribution in [0.3, 0.4) is 0 Å². The van der Waals surface area contributed by atoms with Crippen molar-refractivity contribution in [3.63, 3.8) is 0 Å². The molecule has 0 aliphatic carbocycles. The predicted octanol–water partition coefficient (Wildman–Crippen LogP) is 2.47. The van der Waals surface area contributed by atoms with Gasteiger partial charge in [-0.05, 0) is 31.0 Å². The molecule has 31 heavy (non-hydrogen) atoms. The fourth-order valence-electron chi connectivity index (χ4n) is 4.06. The number of rotatable bonds is 5. The average molecular weight is 438 g/mol. The normalized spacial score (nSPS) is 21.3. The molecule has 3 heterocycles. The molecule has 0 saturated carbocycles.